The molecule has 3 aliphatic rings. The summed E-state index contributed by atoms with van der Waals surface area (Å²) in [5.74, 6) is 0. The molecule has 0 N–H and O–H groups in total. The van der Waals surface area contributed by atoms with Gasteiger partial charge in [-0.3, -0.25) is 0 Å². The lowest BCUT2D eigenvalue weighted by molar-refractivity contribution is 0.885. The molecule has 0 aromatic heterocycles. The first-order valence-electron chi connectivity index (χ1n) is 17.4. The van der Waals surface area contributed by atoms with E-state index in [1.54, 1.807) is 0 Å². The van der Waals surface area contributed by atoms with Crippen LogP contribution in [0, 0.1) is 6.92 Å². The summed E-state index contributed by atoms with van der Waals surface area (Å²) in [5.41, 5.74) is 18.1. The molecule has 0 fully saturated rings. The molecule has 3 aliphatic carbocycles. The Morgan fingerprint density at radius 2 is 1.51 bits per heavy atom. The second kappa shape index (κ2) is 15.3. The normalized spacial score (nSPS) is 16.7. The Balaban J connectivity index is 1.21. The summed E-state index contributed by atoms with van der Waals surface area (Å²) in [5, 5.41) is 2.41. The first-order chi connectivity index (χ1) is 25.1. The molecular weight excluding hydrogens is 617 g/mol. The van der Waals surface area contributed by atoms with Crippen molar-refractivity contribution >= 4 is 27.8 Å². The smallest absolute Gasteiger partial charge is 0.0712 e. The summed E-state index contributed by atoms with van der Waals surface area (Å²) in [7, 11) is 0. The largest absolute Gasteiger partial charge is 0.330 e. The van der Waals surface area contributed by atoms with Crippen molar-refractivity contribution in [1.82, 2.24) is 0 Å². The summed E-state index contributed by atoms with van der Waals surface area (Å²) in [4.78, 5) is 4.74. The molecule has 1 atom stereocenters. The molecule has 246 valence electrons. The predicted octanol–water partition coefficient (Wildman–Crippen LogP) is 12.4. The third-order valence-electron chi connectivity index (χ3n) is 9.30. The third-order valence-corrected chi connectivity index (χ3v) is 9.30. The Bertz CT molecular complexity index is 2360. The van der Waals surface area contributed by atoms with E-state index in [0.717, 1.165) is 45.2 Å². The monoisotopic (exact) mass is 656 g/mol. The fourth-order valence-corrected chi connectivity index (χ4v) is 6.71. The van der Waals surface area contributed by atoms with Crippen LogP contribution in [0.2, 0.25) is 0 Å². The van der Waals surface area contributed by atoms with Crippen LogP contribution in [0.5, 0.6) is 0 Å². The van der Waals surface area contributed by atoms with Gasteiger partial charge in [-0.15, -0.1) is 11.5 Å². The van der Waals surface area contributed by atoms with Gasteiger partial charge in [0.05, 0.1) is 11.7 Å². The molecule has 0 heterocycles. The van der Waals surface area contributed by atoms with Gasteiger partial charge in [-0.2, -0.15) is 0 Å². The van der Waals surface area contributed by atoms with Gasteiger partial charge in [0.1, 0.15) is 0 Å². The van der Waals surface area contributed by atoms with E-state index < -0.39 is 0 Å². The number of hydrogen-bond donors (Lipinski definition) is 0. The van der Waals surface area contributed by atoms with Crippen LogP contribution < -0.4 is 9.80 Å². The molecule has 2 nitrogen and oxygen atoms in total. The van der Waals surface area contributed by atoms with E-state index in [-0.39, 0.29) is 6.04 Å². The summed E-state index contributed by atoms with van der Waals surface area (Å²) in [6, 6.07) is 34.2. The van der Waals surface area contributed by atoms with Crippen LogP contribution in [0.3, 0.4) is 0 Å². The molecule has 1 unspecified atom stereocenters. The van der Waals surface area contributed by atoms with Gasteiger partial charge in [0.2, 0.25) is 0 Å². The van der Waals surface area contributed by atoms with Gasteiger partial charge in [0.25, 0.3) is 0 Å². The maximum Gasteiger partial charge on any atom is 0.0712 e. The SMILES string of the molecule is C=C/C=C\C1=C(C)C(N(c2ccccc2C)C2C=CC=C(C3=C=CC=C(N(c4ccccc4)c4cccc5ccccc45)C=C3)C=C2)=CC=C=C1. The van der Waals surface area contributed by atoms with Gasteiger partial charge in [-0.1, -0.05) is 128 Å². The quantitative estimate of drug-likeness (QED) is 0.131. The Kier molecular flexibility index (Phi) is 9.91. The Hall–Kier alpha value is -6.56. The predicted molar refractivity (Wildman–Crippen MR) is 218 cm³/mol. The highest BCUT2D eigenvalue weighted by Crippen LogP contribution is 2.37. The topological polar surface area (TPSA) is 6.48 Å². The minimum atomic E-state index is -0.0369. The summed E-state index contributed by atoms with van der Waals surface area (Å²) >= 11 is 0. The highest BCUT2D eigenvalue weighted by molar-refractivity contribution is 5.97. The Labute approximate surface area is 302 Å². The van der Waals surface area contributed by atoms with Crippen LogP contribution in [0.4, 0.5) is 17.1 Å². The van der Waals surface area contributed by atoms with Crippen molar-refractivity contribution in [2.45, 2.75) is 19.9 Å². The number of allylic oxidation sites excluding steroid dienone is 15. The fourth-order valence-electron chi connectivity index (χ4n) is 6.71. The van der Waals surface area contributed by atoms with E-state index >= 15 is 0 Å². The lowest BCUT2D eigenvalue weighted by Gasteiger charge is -2.34. The number of rotatable bonds is 9. The van der Waals surface area contributed by atoms with Crippen LogP contribution >= 0.6 is 0 Å². The van der Waals surface area contributed by atoms with Crippen molar-refractivity contribution in [1.29, 1.82) is 0 Å². The molecular formula is C49H40N2. The molecule has 0 saturated heterocycles. The van der Waals surface area contributed by atoms with Crippen molar-refractivity contribution in [3.8, 4) is 0 Å². The Morgan fingerprint density at radius 3 is 2.37 bits per heavy atom. The van der Waals surface area contributed by atoms with Crippen molar-refractivity contribution in [2.24, 2.45) is 0 Å². The van der Waals surface area contributed by atoms with E-state index in [1.165, 1.54) is 21.9 Å². The van der Waals surface area contributed by atoms with E-state index in [0.29, 0.717) is 0 Å². The van der Waals surface area contributed by atoms with Crippen LogP contribution in [-0.4, -0.2) is 6.04 Å². The maximum absolute atomic E-state index is 3.87. The molecule has 0 aliphatic heterocycles. The lowest BCUT2D eigenvalue weighted by Crippen LogP contribution is -2.33. The second-order valence-electron chi connectivity index (χ2n) is 12.5. The van der Waals surface area contributed by atoms with Gasteiger partial charge >= 0.3 is 0 Å². The highest BCUT2D eigenvalue weighted by atomic mass is 15.2. The zero-order valence-corrected chi connectivity index (χ0v) is 29.1. The zero-order chi connectivity index (χ0) is 35.0. The van der Waals surface area contributed by atoms with Gasteiger partial charge in [0.15, 0.2) is 0 Å². The number of anilines is 3. The molecule has 51 heavy (non-hydrogen) atoms. The summed E-state index contributed by atoms with van der Waals surface area (Å²) < 4.78 is 0. The lowest BCUT2D eigenvalue weighted by atomic mass is 10.0. The van der Waals surface area contributed by atoms with Crippen LogP contribution in [0.25, 0.3) is 10.8 Å². The molecule has 4 aromatic carbocycles. The Morgan fingerprint density at radius 1 is 0.725 bits per heavy atom. The van der Waals surface area contributed by atoms with Gasteiger partial charge < -0.3 is 9.80 Å². The van der Waals surface area contributed by atoms with Crippen molar-refractivity contribution in [3.63, 3.8) is 0 Å². The van der Waals surface area contributed by atoms with Gasteiger partial charge in [-0.25, -0.2) is 0 Å². The highest BCUT2D eigenvalue weighted by Gasteiger charge is 2.24. The molecule has 0 amide bonds. The van der Waals surface area contributed by atoms with Crippen LogP contribution in [0.1, 0.15) is 12.5 Å². The molecule has 2 heteroatoms. The first kappa shape index (κ1) is 33.0. The molecule has 0 radical (unpaired) electrons. The van der Waals surface area contributed by atoms with E-state index in [2.05, 4.69) is 200 Å². The number of fused-ring (bicyclic) bond motifs is 1. The van der Waals surface area contributed by atoms with Crippen LogP contribution in [0.15, 0.2) is 240 Å². The molecule has 4 aromatic rings. The van der Waals surface area contributed by atoms with Crippen molar-refractivity contribution in [3.05, 3.63) is 245 Å². The van der Waals surface area contributed by atoms with Crippen LogP contribution in [-0.2, 0) is 0 Å². The molecule has 0 saturated carbocycles. The number of hydrogen-bond acceptors (Lipinski definition) is 2. The summed E-state index contributed by atoms with van der Waals surface area (Å²) in [6.45, 7) is 8.23. The fraction of sp³-hybridized carbons (Fsp3) is 0.0612. The molecule has 7 rings (SSSR count). The number of para-hydroxylation sites is 2. The van der Waals surface area contributed by atoms with Gasteiger partial charge in [0, 0.05) is 33.7 Å². The van der Waals surface area contributed by atoms with Crippen molar-refractivity contribution in [2.75, 3.05) is 9.80 Å². The average Bonchev–Trinajstić information content (AvgIpc) is 3.63. The van der Waals surface area contributed by atoms with Gasteiger partial charge in [-0.05, 0) is 108 Å². The standard InChI is InChI=1S/C49H40N2/c1-4-5-19-39-20-11-14-31-48(38(39)3)51(47-30-13-9-18-37(47)2)45-28-16-23-41(34-36-45)40-22-15-27-44(35-33-40)50(43-25-7-6-8-26-43)49-32-17-24-42-21-10-12-29-46(42)49/h4-10,12-21,23-36,45H,1H2,2-3H3/b19-5-. The number of aryl methyl sites for hydroxylation is 1. The summed E-state index contributed by atoms with van der Waals surface area (Å²) in [6.07, 6.45) is 31.7. The van der Waals surface area contributed by atoms with E-state index in [4.69, 9.17) is 0 Å². The number of benzene rings is 4. The van der Waals surface area contributed by atoms with E-state index in [1.807, 2.05) is 30.4 Å². The maximum atomic E-state index is 3.87. The number of nitrogens with zero attached hydrogens (tertiary/aromatic N) is 2. The molecule has 0 bridgehead atoms. The molecule has 0 spiro atoms. The average molecular weight is 657 g/mol. The zero-order valence-electron chi connectivity index (χ0n) is 29.1. The first-order valence-corrected chi connectivity index (χ1v) is 17.4. The minimum Gasteiger partial charge on any atom is -0.330 e. The van der Waals surface area contributed by atoms with Crippen molar-refractivity contribution < 1.29 is 0 Å². The third kappa shape index (κ3) is 7.11. The van der Waals surface area contributed by atoms with E-state index in [9.17, 15) is 0 Å². The second-order valence-corrected chi connectivity index (χ2v) is 12.5. The minimum absolute atomic E-state index is 0.0369.